The number of rotatable bonds is 5. The van der Waals surface area contributed by atoms with E-state index in [0.717, 1.165) is 37.9 Å². The molecule has 7 heteroatoms. The fourth-order valence-corrected chi connectivity index (χ4v) is 3.18. The third-order valence-corrected chi connectivity index (χ3v) is 4.91. The zero-order chi connectivity index (χ0) is 19.4. The molecule has 1 unspecified atom stereocenters. The maximum absolute atomic E-state index is 12.7. The highest BCUT2D eigenvalue weighted by Gasteiger charge is 2.16. The maximum atomic E-state index is 12.7. The van der Waals surface area contributed by atoms with E-state index in [1.165, 1.54) is 0 Å². The number of nitrogens with zero attached hydrogens (tertiary/aromatic N) is 2. The van der Waals surface area contributed by atoms with Crippen molar-refractivity contribution < 1.29 is 14.3 Å². The van der Waals surface area contributed by atoms with E-state index in [0.29, 0.717) is 17.4 Å². The van der Waals surface area contributed by atoms with E-state index >= 15 is 0 Å². The van der Waals surface area contributed by atoms with Gasteiger partial charge in [0.2, 0.25) is 0 Å². The van der Waals surface area contributed by atoms with E-state index in [-0.39, 0.29) is 29.7 Å². The van der Waals surface area contributed by atoms with Crippen molar-refractivity contribution in [2.24, 2.45) is 0 Å². The Morgan fingerprint density at radius 1 is 1.30 bits per heavy atom. The highest BCUT2D eigenvalue weighted by atomic mass is 16.5. The normalized spacial score (nSPS) is 14.9. The summed E-state index contributed by atoms with van der Waals surface area (Å²) in [6.45, 7) is 4.20. The fourth-order valence-electron chi connectivity index (χ4n) is 3.18. The second-order valence-corrected chi connectivity index (χ2v) is 6.98. The van der Waals surface area contributed by atoms with Crippen LogP contribution in [0.4, 0.5) is 0 Å². The quantitative estimate of drug-likeness (QED) is 0.814. The van der Waals surface area contributed by atoms with Crippen LogP contribution in [0.15, 0.2) is 23.0 Å². The van der Waals surface area contributed by atoms with E-state index in [9.17, 15) is 14.4 Å². The smallest absolute Gasteiger partial charge is 0.338 e. The van der Waals surface area contributed by atoms with Crippen LogP contribution in [0.25, 0.3) is 10.9 Å². The van der Waals surface area contributed by atoms with Gasteiger partial charge in [-0.1, -0.05) is 13.3 Å². The highest BCUT2D eigenvalue weighted by molar-refractivity contribution is 5.95. The van der Waals surface area contributed by atoms with Crippen LogP contribution in [0.1, 0.15) is 55.7 Å². The molecule has 1 aliphatic rings. The van der Waals surface area contributed by atoms with Crippen molar-refractivity contribution in [3.8, 4) is 0 Å². The number of hydrogen-bond donors (Lipinski definition) is 1. The molecular weight excluding hydrogens is 346 g/mol. The van der Waals surface area contributed by atoms with E-state index in [2.05, 4.69) is 10.3 Å². The molecule has 0 bridgehead atoms. The van der Waals surface area contributed by atoms with Gasteiger partial charge in [0.25, 0.3) is 11.5 Å². The average Bonchev–Trinajstić information content (AvgIpc) is 2.91. The van der Waals surface area contributed by atoms with E-state index in [1.807, 2.05) is 13.8 Å². The standard InChI is InChI=1S/C20H25N3O4/c1-3-13(2)21-18(24)12-27-20(26)14-8-9-15-16(11-14)22-17-7-5-4-6-10-23(17)19(15)25/h8-9,11,13H,3-7,10,12H2,1-2H3,(H,21,24). The largest absolute Gasteiger partial charge is 0.452 e. The van der Waals surface area contributed by atoms with Gasteiger partial charge in [0.1, 0.15) is 5.82 Å². The zero-order valence-corrected chi connectivity index (χ0v) is 15.8. The highest BCUT2D eigenvalue weighted by Crippen LogP contribution is 2.16. The first-order chi connectivity index (χ1) is 13.0. The lowest BCUT2D eigenvalue weighted by atomic mass is 10.1. The fraction of sp³-hybridized carbons (Fsp3) is 0.500. The van der Waals surface area contributed by atoms with Crippen LogP contribution in [0.5, 0.6) is 0 Å². The van der Waals surface area contributed by atoms with Crippen LogP contribution >= 0.6 is 0 Å². The van der Waals surface area contributed by atoms with Gasteiger partial charge in [-0.15, -0.1) is 0 Å². The summed E-state index contributed by atoms with van der Waals surface area (Å²) in [5, 5.41) is 3.23. The van der Waals surface area contributed by atoms with Gasteiger partial charge in [-0.2, -0.15) is 0 Å². The van der Waals surface area contributed by atoms with Crippen molar-refractivity contribution >= 4 is 22.8 Å². The SMILES string of the molecule is CCC(C)NC(=O)COC(=O)c1ccc2c(=O)n3c(nc2c1)CCCCC3. The summed E-state index contributed by atoms with van der Waals surface area (Å²) in [7, 11) is 0. The van der Waals surface area contributed by atoms with E-state index in [4.69, 9.17) is 4.74 Å². The molecule has 1 aromatic heterocycles. The lowest BCUT2D eigenvalue weighted by Gasteiger charge is -2.12. The van der Waals surface area contributed by atoms with Crippen LogP contribution in [-0.4, -0.2) is 34.1 Å². The summed E-state index contributed by atoms with van der Waals surface area (Å²) in [6.07, 6.45) is 4.62. The Morgan fingerprint density at radius 3 is 2.89 bits per heavy atom. The predicted molar refractivity (Wildman–Crippen MR) is 102 cm³/mol. The molecular formula is C20H25N3O4. The van der Waals surface area contributed by atoms with Crippen LogP contribution < -0.4 is 10.9 Å². The zero-order valence-electron chi connectivity index (χ0n) is 15.8. The molecule has 0 spiro atoms. The average molecular weight is 371 g/mol. The van der Waals surface area contributed by atoms with Crippen molar-refractivity contribution in [3.63, 3.8) is 0 Å². The molecule has 0 saturated carbocycles. The van der Waals surface area contributed by atoms with Gasteiger partial charge >= 0.3 is 5.97 Å². The summed E-state index contributed by atoms with van der Waals surface area (Å²) in [5.74, 6) is -0.170. The third kappa shape index (κ3) is 4.35. The van der Waals surface area contributed by atoms with Gasteiger partial charge < -0.3 is 10.1 Å². The first-order valence-electron chi connectivity index (χ1n) is 9.49. The number of amides is 1. The Hall–Kier alpha value is -2.70. The molecule has 7 nitrogen and oxygen atoms in total. The Balaban J connectivity index is 1.79. The minimum atomic E-state index is -0.604. The predicted octanol–water partition coefficient (Wildman–Crippen LogP) is 2.19. The number of ether oxygens (including phenoxy) is 1. The van der Waals surface area contributed by atoms with Gasteiger partial charge in [-0.3, -0.25) is 14.2 Å². The summed E-state index contributed by atoms with van der Waals surface area (Å²) in [6, 6.07) is 4.75. The number of aryl methyl sites for hydroxylation is 1. The number of benzene rings is 1. The summed E-state index contributed by atoms with van der Waals surface area (Å²) < 4.78 is 6.83. The third-order valence-electron chi connectivity index (χ3n) is 4.91. The van der Waals surface area contributed by atoms with Crippen molar-refractivity contribution in [2.45, 2.75) is 58.5 Å². The number of aromatic nitrogens is 2. The molecule has 0 saturated heterocycles. The monoisotopic (exact) mass is 371 g/mol. The maximum Gasteiger partial charge on any atom is 0.338 e. The van der Waals surface area contributed by atoms with Crippen molar-refractivity contribution in [1.29, 1.82) is 0 Å². The van der Waals surface area contributed by atoms with Gasteiger partial charge in [0, 0.05) is 19.0 Å². The van der Waals surface area contributed by atoms with Crippen LogP contribution in [0.2, 0.25) is 0 Å². The van der Waals surface area contributed by atoms with Crippen molar-refractivity contribution in [3.05, 3.63) is 39.9 Å². The Bertz CT molecular complexity index is 919. The molecule has 0 aliphatic carbocycles. The first-order valence-corrected chi connectivity index (χ1v) is 9.49. The Labute approximate surface area is 157 Å². The molecule has 2 heterocycles. The number of esters is 1. The number of carbonyl (C=O) groups excluding carboxylic acids is 2. The Kier molecular flexibility index (Phi) is 5.88. The van der Waals surface area contributed by atoms with Gasteiger partial charge in [0.15, 0.2) is 6.61 Å². The second-order valence-electron chi connectivity index (χ2n) is 6.98. The minimum absolute atomic E-state index is 0.0318. The minimum Gasteiger partial charge on any atom is -0.452 e. The number of fused-ring (bicyclic) bond motifs is 2. The van der Waals surface area contributed by atoms with Crippen LogP contribution in [0.3, 0.4) is 0 Å². The topological polar surface area (TPSA) is 90.3 Å². The second kappa shape index (κ2) is 8.33. The van der Waals surface area contributed by atoms with Crippen molar-refractivity contribution in [1.82, 2.24) is 14.9 Å². The molecule has 0 fully saturated rings. The van der Waals surface area contributed by atoms with E-state index < -0.39 is 5.97 Å². The lowest BCUT2D eigenvalue weighted by molar-refractivity contribution is -0.124. The first kappa shape index (κ1) is 19.1. The molecule has 2 aromatic rings. The van der Waals surface area contributed by atoms with Crippen molar-refractivity contribution in [2.75, 3.05) is 6.61 Å². The van der Waals surface area contributed by atoms with Crippen LogP contribution in [0, 0.1) is 0 Å². The molecule has 144 valence electrons. The van der Waals surface area contributed by atoms with E-state index in [1.54, 1.807) is 22.8 Å². The molecule has 1 amide bonds. The summed E-state index contributed by atoms with van der Waals surface area (Å²) in [4.78, 5) is 41.3. The number of nitrogens with one attached hydrogen (secondary N) is 1. The summed E-state index contributed by atoms with van der Waals surface area (Å²) in [5.41, 5.74) is 0.709. The van der Waals surface area contributed by atoms with Gasteiger partial charge in [-0.25, -0.2) is 9.78 Å². The summed E-state index contributed by atoms with van der Waals surface area (Å²) >= 11 is 0. The number of carbonyl (C=O) groups is 2. The van der Waals surface area contributed by atoms with Crippen LogP contribution in [-0.2, 0) is 22.5 Å². The molecule has 27 heavy (non-hydrogen) atoms. The molecule has 1 aromatic carbocycles. The molecule has 1 aliphatic heterocycles. The molecule has 1 N–H and O–H groups in total. The molecule has 1 atom stereocenters. The Morgan fingerprint density at radius 2 is 2.11 bits per heavy atom. The molecule has 3 rings (SSSR count). The lowest BCUT2D eigenvalue weighted by Crippen LogP contribution is -2.35. The molecule has 0 radical (unpaired) electrons. The number of hydrogen-bond acceptors (Lipinski definition) is 5. The van der Waals surface area contributed by atoms with Gasteiger partial charge in [-0.05, 0) is 44.4 Å². The van der Waals surface area contributed by atoms with Gasteiger partial charge in [0.05, 0.1) is 16.5 Å².